The third-order valence-corrected chi connectivity index (χ3v) is 6.95. The summed E-state index contributed by atoms with van der Waals surface area (Å²) >= 11 is 0. The topological polar surface area (TPSA) is 123 Å². The van der Waals surface area contributed by atoms with Gasteiger partial charge in [-0.25, -0.2) is 4.39 Å². The zero-order valence-corrected chi connectivity index (χ0v) is 29.3. The second-order valence-electron chi connectivity index (χ2n) is 10.8. The molecule has 2 aromatic carbocycles. The lowest BCUT2D eigenvalue weighted by Gasteiger charge is -2.13. The van der Waals surface area contributed by atoms with Gasteiger partial charge in [-0.15, -0.1) is 46.7 Å². The molecule has 1 unspecified atom stereocenters. The molecule has 0 spiro atoms. The van der Waals surface area contributed by atoms with Crippen LogP contribution in [0.2, 0.25) is 0 Å². The Morgan fingerprint density at radius 1 is 0.709 bits per heavy atom. The molecule has 0 saturated heterocycles. The number of nitrogens with zero attached hydrogens (tertiary/aromatic N) is 8. The molecule has 6 aromatic rings. The summed E-state index contributed by atoms with van der Waals surface area (Å²) in [6.45, 7) is 5.36. The van der Waals surface area contributed by atoms with Gasteiger partial charge in [-0.3, -0.25) is 9.38 Å². The minimum atomic E-state index is -4.86. The van der Waals surface area contributed by atoms with Crippen molar-refractivity contribution in [3.63, 3.8) is 0 Å². The van der Waals surface area contributed by atoms with Gasteiger partial charge in [0.15, 0.2) is 23.3 Å². The van der Waals surface area contributed by atoms with Crippen LogP contribution in [0.5, 0.6) is 11.5 Å². The van der Waals surface area contributed by atoms with Crippen LogP contribution in [0.4, 0.5) is 43.9 Å². The Labute approximate surface area is 304 Å². The number of aromatic nitrogens is 8. The van der Waals surface area contributed by atoms with Crippen LogP contribution in [0.1, 0.15) is 49.7 Å². The second-order valence-corrected chi connectivity index (χ2v) is 10.8. The van der Waals surface area contributed by atoms with E-state index in [0.717, 1.165) is 12.1 Å². The minimum Gasteiger partial charge on any atom is -0.406 e. The lowest BCUT2D eigenvalue weighted by atomic mass is 10.0. The molecule has 55 heavy (non-hydrogen) atoms. The number of benzene rings is 2. The van der Waals surface area contributed by atoms with Gasteiger partial charge in [0, 0.05) is 37.1 Å². The van der Waals surface area contributed by atoms with Gasteiger partial charge in [0.05, 0.1) is 30.8 Å². The number of halogens is 10. The lowest BCUT2D eigenvalue weighted by molar-refractivity contribution is -0.275. The van der Waals surface area contributed by atoms with E-state index in [9.17, 15) is 43.9 Å². The van der Waals surface area contributed by atoms with Gasteiger partial charge in [-0.1, -0.05) is 13.8 Å². The molecule has 0 aliphatic heterocycles. The highest BCUT2D eigenvalue weighted by molar-refractivity contribution is 5.66. The largest absolute Gasteiger partial charge is 0.573 e. The van der Waals surface area contributed by atoms with E-state index in [1.54, 1.807) is 0 Å². The van der Waals surface area contributed by atoms with Crippen LogP contribution in [0.3, 0.4) is 0 Å². The molecule has 0 aliphatic carbocycles. The van der Waals surface area contributed by atoms with Crippen LogP contribution in [0.15, 0.2) is 60.9 Å². The highest BCUT2D eigenvalue weighted by atomic mass is 19.4. The molecule has 0 fully saturated rings. The van der Waals surface area contributed by atoms with E-state index in [0.29, 0.717) is 32.5 Å². The first-order valence-electron chi connectivity index (χ1n) is 15.8. The number of methoxy groups -OCH3 is 2. The van der Waals surface area contributed by atoms with Gasteiger partial charge < -0.3 is 18.9 Å². The maximum Gasteiger partial charge on any atom is 0.573 e. The van der Waals surface area contributed by atoms with Crippen molar-refractivity contribution < 1.29 is 62.9 Å². The van der Waals surface area contributed by atoms with Crippen molar-refractivity contribution in [3.8, 4) is 34.0 Å². The standard InChI is InChI=1S/C16H14F4N4O2.C15H10F6N4O2.C2H6/c1-9(17)15-23-22-14-6-21-13(7-24(14)15)12-4-3-11(26-16(18,19)20)5-10(12)8-25-2;1-26-7-9-6-11-22-23-13(14(16,17)18)25(11)24-12(9)8-2-4-10(5-3-8)27-15(19,20)21;1-2/h3-7,9H,8H2,1-2H3;2-6H,7H2,1H3;1-2H3. The Hall–Kier alpha value is -5.64. The third kappa shape index (κ3) is 10.7. The number of hydrogen-bond acceptors (Lipinski definition) is 10. The first-order chi connectivity index (χ1) is 25.9. The van der Waals surface area contributed by atoms with Crippen LogP contribution in [-0.2, 0) is 28.9 Å². The molecule has 0 radical (unpaired) electrons. The van der Waals surface area contributed by atoms with Gasteiger partial charge in [-0.05, 0) is 61.0 Å². The fourth-order valence-electron chi connectivity index (χ4n) is 4.89. The Balaban J connectivity index is 0.000000234. The first-order valence-corrected chi connectivity index (χ1v) is 15.8. The summed E-state index contributed by atoms with van der Waals surface area (Å²) in [6, 6.07) is 9.70. The average molecular weight is 793 g/mol. The highest BCUT2D eigenvalue weighted by Gasteiger charge is 2.38. The molecule has 6 rings (SSSR count). The minimum absolute atomic E-state index is 0.00610. The summed E-state index contributed by atoms with van der Waals surface area (Å²) in [4.78, 5) is 4.23. The molecule has 12 nitrogen and oxygen atoms in total. The van der Waals surface area contributed by atoms with Gasteiger partial charge in [0.2, 0.25) is 0 Å². The lowest BCUT2D eigenvalue weighted by Crippen LogP contribution is -2.17. The summed E-state index contributed by atoms with van der Waals surface area (Å²) in [5, 5.41) is 18.1. The molecule has 4 heterocycles. The third-order valence-electron chi connectivity index (χ3n) is 6.95. The van der Waals surface area contributed by atoms with Crippen LogP contribution >= 0.6 is 0 Å². The number of alkyl halides is 10. The summed E-state index contributed by atoms with van der Waals surface area (Å²) in [7, 11) is 2.79. The second kappa shape index (κ2) is 17.2. The Bertz CT molecular complexity index is 2180. The summed E-state index contributed by atoms with van der Waals surface area (Å²) in [6.07, 6.45) is -12.8. The van der Waals surface area contributed by atoms with Crippen molar-refractivity contribution in [2.45, 2.75) is 59.1 Å². The summed E-state index contributed by atoms with van der Waals surface area (Å²) < 4.78 is 147. The number of hydrogen-bond donors (Lipinski definition) is 0. The zero-order valence-electron chi connectivity index (χ0n) is 29.3. The fraction of sp³-hybridized carbons (Fsp3) is 0.333. The first kappa shape index (κ1) is 42.1. The Kier molecular flexibility index (Phi) is 13.2. The van der Waals surface area contributed by atoms with E-state index < -0.39 is 36.6 Å². The summed E-state index contributed by atoms with van der Waals surface area (Å²) in [5.74, 6) is -2.05. The van der Waals surface area contributed by atoms with E-state index in [1.165, 1.54) is 74.3 Å². The predicted octanol–water partition coefficient (Wildman–Crippen LogP) is 8.75. The highest BCUT2D eigenvalue weighted by Crippen LogP contribution is 2.33. The fourth-order valence-corrected chi connectivity index (χ4v) is 4.89. The molecule has 0 amide bonds. The van der Waals surface area contributed by atoms with E-state index >= 15 is 0 Å². The summed E-state index contributed by atoms with van der Waals surface area (Å²) in [5.41, 5.74) is 2.31. The number of ether oxygens (including phenoxy) is 4. The molecule has 1 atom stereocenters. The van der Waals surface area contributed by atoms with Crippen molar-refractivity contribution in [1.29, 1.82) is 0 Å². The molecule has 0 aliphatic rings. The van der Waals surface area contributed by atoms with E-state index in [1.807, 2.05) is 13.8 Å². The molecule has 296 valence electrons. The average Bonchev–Trinajstić information content (AvgIpc) is 3.73. The molecule has 0 N–H and O–H groups in total. The maximum absolute atomic E-state index is 13.7. The van der Waals surface area contributed by atoms with Crippen LogP contribution in [0, 0.1) is 0 Å². The zero-order chi connectivity index (χ0) is 40.7. The SMILES string of the molecule is CC.COCc1cc(OC(F)(F)F)ccc1-c1cn2c(C(C)F)nnc2cn1.COCc1cc2nnc(C(F)(F)F)n2nc1-c1ccc(OC(F)(F)F)cc1. The maximum atomic E-state index is 13.7. The van der Waals surface area contributed by atoms with Crippen molar-refractivity contribution in [3.05, 3.63) is 83.7 Å². The number of fused-ring (bicyclic) bond motifs is 2. The van der Waals surface area contributed by atoms with Gasteiger partial charge in [-0.2, -0.15) is 22.8 Å². The molecular weight excluding hydrogens is 762 g/mol. The van der Waals surface area contributed by atoms with E-state index in [4.69, 9.17) is 9.47 Å². The smallest absolute Gasteiger partial charge is 0.406 e. The van der Waals surface area contributed by atoms with Gasteiger partial charge in [0.25, 0.3) is 5.82 Å². The molecule has 0 saturated carbocycles. The predicted molar refractivity (Wildman–Crippen MR) is 173 cm³/mol. The monoisotopic (exact) mass is 792 g/mol. The molecule has 0 bridgehead atoms. The van der Waals surface area contributed by atoms with Crippen LogP contribution < -0.4 is 9.47 Å². The van der Waals surface area contributed by atoms with Crippen molar-refractivity contribution in [1.82, 2.24) is 39.4 Å². The Morgan fingerprint density at radius 2 is 1.29 bits per heavy atom. The van der Waals surface area contributed by atoms with Crippen molar-refractivity contribution in [2.75, 3.05) is 14.2 Å². The molecule has 4 aromatic heterocycles. The van der Waals surface area contributed by atoms with Gasteiger partial charge >= 0.3 is 18.9 Å². The van der Waals surface area contributed by atoms with Crippen LogP contribution in [-0.4, -0.2) is 66.3 Å². The normalized spacial score (nSPS) is 12.5. The van der Waals surface area contributed by atoms with Gasteiger partial charge in [0.1, 0.15) is 11.5 Å². The van der Waals surface area contributed by atoms with E-state index in [-0.39, 0.29) is 41.7 Å². The molecular formula is C33H30F10N8O4. The molecule has 22 heteroatoms. The van der Waals surface area contributed by atoms with Crippen LogP contribution in [0.25, 0.3) is 33.8 Å². The Morgan fingerprint density at radius 3 is 1.87 bits per heavy atom. The van der Waals surface area contributed by atoms with Crippen molar-refractivity contribution >= 4 is 11.3 Å². The number of rotatable bonds is 9. The quantitative estimate of drug-likeness (QED) is 0.131. The van der Waals surface area contributed by atoms with Crippen molar-refractivity contribution in [2.24, 2.45) is 0 Å². The van der Waals surface area contributed by atoms with E-state index in [2.05, 4.69) is 40.0 Å².